The van der Waals surface area contributed by atoms with Crippen molar-refractivity contribution in [3.05, 3.63) is 169 Å². The van der Waals surface area contributed by atoms with Crippen LogP contribution in [0.3, 0.4) is 0 Å². The molecule has 6 aromatic carbocycles. The van der Waals surface area contributed by atoms with Crippen LogP contribution in [0.4, 0.5) is 8.78 Å². The molecule has 7 rings (SSSR count). The van der Waals surface area contributed by atoms with E-state index in [2.05, 4.69) is 109 Å². The molecule has 0 radical (unpaired) electrons. The predicted molar refractivity (Wildman–Crippen MR) is 177 cm³/mol. The van der Waals surface area contributed by atoms with Crippen molar-refractivity contribution in [2.75, 3.05) is 0 Å². The maximum Gasteiger partial charge on any atom is 0.123 e. The number of benzene rings is 6. The Morgan fingerprint density at radius 2 is 0.419 bits per heavy atom. The predicted octanol–water partition coefficient (Wildman–Crippen LogP) is 12.0. The molecule has 0 spiro atoms. The number of hydrogen-bond donors (Lipinski definition) is 0. The summed E-state index contributed by atoms with van der Waals surface area (Å²) in [6, 6.07) is 51.7. The molecule has 0 saturated heterocycles. The van der Waals surface area contributed by atoms with E-state index in [0.717, 1.165) is 44.5 Å². The van der Waals surface area contributed by atoms with Gasteiger partial charge in [-0.05, 0) is 92.0 Å². The van der Waals surface area contributed by atoms with Crippen LogP contribution in [0.2, 0.25) is 0 Å². The molecular weight excluding hydrogens is 551 g/mol. The smallest absolute Gasteiger partial charge is 0.123 e. The molecule has 0 N–H and O–H groups in total. The van der Waals surface area contributed by atoms with Crippen molar-refractivity contribution in [1.29, 1.82) is 0 Å². The molecule has 1 aromatic heterocycles. The lowest BCUT2D eigenvalue weighted by Gasteiger charge is -2.07. The molecule has 0 bridgehead atoms. The SMILES string of the molecule is Fc1ccc(-c2ccc(-c3ccc(-c4ccc(-c5ccc(-c6ccc(-c7ccc(F)cc7)cc6)cc5)s4)cc3)cc2)cc1. The molecule has 0 fully saturated rings. The Morgan fingerprint density at radius 3 is 0.651 bits per heavy atom. The van der Waals surface area contributed by atoms with Crippen LogP contribution in [0.15, 0.2) is 158 Å². The van der Waals surface area contributed by atoms with Crippen LogP contribution < -0.4 is 0 Å². The van der Waals surface area contributed by atoms with Gasteiger partial charge in [0, 0.05) is 9.75 Å². The second-order valence-corrected chi connectivity index (χ2v) is 11.6. The fourth-order valence-electron chi connectivity index (χ4n) is 5.30. The molecule has 0 unspecified atom stereocenters. The number of hydrogen-bond acceptors (Lipinski definition) is 1. The van der Waals surface area contributed by atoms with Crippen molar-refractivity contribution < 1.29 is 8.78 Å². The summed E-state index contributed by atoms with van der Waals surface area (Å²) in [5, 5.41) is 0. The molecule has 206 valence electrons. The Morgan fingerprint density at radius 1 is 0.233 bits per heavy atom. The molecule has 0 aliphatic rings. The van der Waals surface area contributed by atoms with E-state index >= 15 is 0 Å². The largest absolute Gasteiger partial charge is 0.207 e. The molecule has 0 amide bonds. The minimum Gasteiger partial charge on any atom is -0.207 e. The van der Waals surface area contributed by atoms with Crippen LogP contribution in [0.25, 0.3) is 65.4 Å². The van der Waals surface area contributed by atoms with Crippen LogP contribution in [-0.4, -0.2) is 0 Å². The van der Waals surface area contributed by atoms with Gasteiger partial charge in [-0.1, -0.05) is 121 Å². The summed E-state index contributed by atoms with van der Waals surface area (Å²) in [6.45, 7) is 0. The third-order valence-electron chi connectivity index (χ3n) is 7.74. The normalized spacial score (nSPS) is 11.0. The van der Waals surface area contributed by atoms with Crippen LogP contribution >= 0.6 is 11.3 Å². The van der Waals surface area contributed by atoms with Gasteiger partial charge in [0.2, 0.25) is 0 Å². The topological polar surface area (TPSA) is 0 Å². The van der Waals surface area contributed by atoms with Gasteiger partial charge in [-0.2, -0.15) is 0 Å². The van der Waals surface area contributed by atoms with Gasteiger partial charge < -0.3 is 0 Å². The average molecular weight is 577 g/mol. The molecule has 1 heterocycles. The van der Waals surface area contributed by atoms with Crippen molar-refractivity contribution >= 4 is 11.3 Å². The van der Waals surface area contributed by atoms with E-state index in [-0.39, 0.29) is 11.6 Å². The lowest BCUT2D eigenvalue weighted by molar-refractivity contribution is 0.627. The summed E-state index contributed by atoms with van der Waals surface area (Å²) < 4.78 is 26.5. The fraction of sp³-hybridized carbons (Fsp3) is 0. The van der Waals surface area contributed by atoms with Crippen molar-refractivity contribution in [1.82, 2.24) is 0 Å². The fourth-order valence-corrected chi connectivity index (χ4v) is 6.31. The van der Waals surface area contributed by atoms with Crippen LogP contribution in [0.5, 0.6) is 0 Å². The lowest BCUT2D eigenvalue weighted by Crippen LogP contribution is -1.82. The van der Waals surface area contributed by atoms with E-state index in [1.54, 1.807) is 35.6 Å². The maximum atomic E-state index is 13.3. The molecule has 0 aliphatic heterocycles. The highest BCUT2D eigenvalue weighted by atomic mass is 32.1. The lowest BCUT2D eigenvalue weighted by atomic mass is 9.99. The van der Waals surface area contributed by atoms with Gasteiger partial charge >= 0.3 is 0 Å². The number of halogens is 2. The Kier molecular flexibility index (Phi) is 7.24. The number of thiophene rings is 1. The molecule has 0 saturated carbocycles. The first-order chi connectivity index (χ1) is 21.1. The van der Waals surface area contributed by atoms with Gasteiger partial charge in [0.05, 0.1) is 0 Å². The molecule has 0 aliphatic carbocycles. The summed E-state index contributed by atoms with van der Waals surface area (Å²) >= 11 is 1.79. The second kappa shape index (κ2) is 11.6. The quantitative estimate of drug-likeness (QED) is 0.185. The Balaban J connectivity index is 1.04. The summed E-state index contributed by atoms with van der Waals surface area (Å²) in [5.74, 6) is -0.446. The zero-order valence-corrected chi connectivity index (χ0v) is 24.0. The van der Waals surface area contributed by atoms with Gasteiger partial charge in [0.1, 0.15) is 11.6 Å². The van der Waals surface area contributed by atoms with Crippen molar-refractivity contribution in [2.24, 2.45) is 0 Å². The third-order valence-corrected chi connectivity index (χ3v) is 8.92. The van der Waals surface area contributed by atoms with E-state index in [9.17, 15) is 8.78 Å². The Labute approximate surface area is 254 Å². The third kappa shape index (κ3) is 5.81. The van der Waals surface area contributed by atoms with Crippen LogP contribution in [-0.2, 0) is 0 Å². The summed E-state index contributed by atoms with van der Waals surface area (Å²) in [5.41, 5.74) is 11.1. The van der Waals surface area contributed by atoms with E-state index in [1.807, 2.05) is 0 Å². The Hall–Kier alpha value is -5.12. The van der Waals surface area contributed by atoms with Gasteiger partial charge in [-0.25, -0.2) is 8.78 Å². The summed E-state index contributed by atoms with van der Waals surface area (Å²) in [4.78, 5) is 2.46. The standard InChI is InChI=1S/C40H26F2S/c41-37-21-17-33(18-22-37)29-5-1-27(2-6-29)31-9-13-35(14-10-31)39-25-26-40(43-39)36-15-11-32(12-16-36)28-3-7-30(8-4-28)34-19-23-38(42)24-20-34/h1-26H. The van der Waals surface area contributed by atoms with Gasteiger partial charge in [0.25, 0.3) is 0 Å². The minimum absolute atomic E-state index is 0.223. The molecular formula is C40H26F2S. The average Bonchev–Trinajstić information content (AvgIpc) is 3.57. The van der Waals surface area contributed by atoms with Gasteiger partial charge in [0.15, 0.2) is 0 Å². The van der Waals surface area contributed by atoms with E-state index in [0.29, 0.717) is 0 Å². The van der Waals surface area contributed by atoms with E-state index in [1.165, 1.54) is 45.1 Å². The van der Waals surface area contributed by atoms with Crippen molar-refractivity contribution in [3.8, 4) is 65.4 Å². The first kappa shape index (κ1) is 26.8. The van der Waals surface area contributed by atoms with Gasteiger partial charge in [-0.15, -0.1) is 11.3 Å². The highest BCUT2D eigenvalue weighted by molar-refractivity contribution is 7.18. The van der Waals surface area contributed by atoms with Crippen molar-refractivity contribution in [2.45, 2.75) is 0 Å². The second-order valence-electron chi connectivity index (χ2n) is 10.5. The Bertz CT molecular complexity index is 1820. The zero-order chi connectivity index (χ0) is 29.2. The van der Waals surface area contributed by atoms with Crippen LogP contribution in [0.1, 0.15) is 0 Å². The number of rotatable bonds is 6. The summed E-state index contributed by atoms with van der Waals surface area (Å²) in [7, 11) is 0. The minimum atomic E-state index is -0.223. The monoisotopic (exact) mass is 576 g/mol. The van der Waals surface area contributed by atoms with E-state index in [4.69, 9.17) is 0 Å². The molecule has 3 heteroatoms. The maximum absolute atomic E-state index is 13.3. The van der Waals surface area contributed by atoms with E-state index < -0.39 is 0 Å². The molecule has 43 heavy (non-hydrogen) atoms. The molecule has 0 nitrogen and oxygen atoms in total. The molecule has 7 aromatic rings. The first-order valence-corrected chi connectivity index (χ1v) is 14.9. The van der Waals surface area contributed by atoms with Gasteiger partial charge in [-0.3, -0.25) is 0 Å². The summed E-state index contributed by atoms with van der Waals surface area (Å²) in [6.07, 6.45) is 0. The highest BCUT2D eigenvalue weighted by Gasteiger charge is 2.08. The van der Waals surface area contributed by atoms with Crippen LogP contribution in [0, 0.1) is 11.6 Å². The molecule has 0 atom stereocenters. The zero-order valence-electron chi connectivity index (χ0n) is 23.2. The first-order valence-electron chi connectivity index (χ1n) is 14.1. The highest BCUT2D eigenvalue weighted by Crippen LogP contribution is 2.36. The van der Waals surface area contributed by atoms with Crippen molar-refractivity contribution in [3.63, 3.8) is 0 Å².